The number of benzene rings is 1. The van der Waals surface area contributed by atoms with Gasteiger partial charge in [0.1, 0.15) is 6.04 Å². The molecule has 0 unspecified atom stereocenters. The molecule has 0 bridgehead atoms. The molecule has 0 aliphatic carbocycles. The van der Waals surface area contributed by atoms with Crippen molar-refractivity contribution in [2.75, 3.05) is 13.1 Å². The zero-order chi connectivity index (χ0) is 17.2. The summed E-state index contributed by atoms with van der Waals surface area (Å²) in [6.07, 6.45) is 1.42. The maximum Gasteiger partial charge on any atom is 0.326 e. The highest BCUT2D eigenvalue weighted by Crippen LogP contribution is 2.09. The fourth-order valence-corrected chi connectivity index (χ4v) is 2.02. The number of hydrogen-bond acceptors (Lipinski definition) is 4. The fourth-order valence-electron chi connectivity index (χ4n) is 1.89. The van der Waals surface area contributed by atoms with Crippen LogP contribution < -0.4 is 16.4 Å². The van der Waals surface area contributed by atoms with Crippen LogP contribution in [0.15, 0.2) is 24.3 Å². The molecule has 0 aromatic heterocycles. The van der Waals surface area contributed by atoms with E-state index in [0.717, 1.165) is 0 Å². The second-order valence-corrected chi connectivity index (χ2v) is 5.36. The minimum absolute atomic E-state index is 0.215. The molecular formula is C15H20ClN3O4. The number of hydrogen-bond donors (Lipinski definition) is 4. The van der Waals surface area contributed by atoms with Crippen molar-refractivity contribution in [2.45, 2.75) is 25.3 Å². The van der Waals surface area contributed by atoms with Crippen molar-refractivity contribution in [3.05, 3.63) is 34.9 Å². The van der Waals surface area contributed by atoms with Crippen LogP contribution in [0.2, 0.25) is 5.02 Å². The van der Waals surface area contributed by atoms with Crippen molar-refractivity contribution in [1.29, 1.82) is 0 Å². The molecule has 1 aromatic carbocycles. The van der Waals surface area contributed by atoms with Crippen molar-refractivity contribution in [2.24, 2.45) is 5.73 Å². The number of halogens is 1. The van der Waals surface area contributed by atoms with E-state index in [-0.39, 0.29) is 18.9 Å². The minimum Gasteiger partial charge on any atom is -0.480 e. The highest BCUT2D eigenvalue weighted by molar-refractivity contribution is 6.30. The first kappa shape index (κ1) is 18.9. The van der Waals surface area contributed by atoms with Crippen molar-refractivity contribution in [3.8, 4) is 0 Å². The largest absolute Gasteiger partial charge is 0.480 e. The van der Waals surface area contributed by atoms with E-state index in [9.17, 15) is 14.4 Å². The average Bonchev–Trinajstić information content (AvgIpc) is 2.53. The molecule has 8 heteroatoms. The van der Waals surface area contributed by atoms with Crippen molar-refractivity contribution >= 4 is 29.4 Å². The number of amides is 2. The van der Waals surface area contributed by atoms with Gasteiger partial charge in [-0.25, -0.2) is 4.79 Å². The van der Waals surface area contributed by atoms with Crippen LogP contribution in [0.4, 0.5) is 0 Å². The normalized spacial score (nSPS) is 11.6. The molecule has 0 spiro atoms. The standard InChI is InChI=1S/C15H20ClN3O4/c16-11-6-4-10(5-7-11)14(21)18-8-2-1-3-12(15(22)23)19-13(20)9-17/h4-7,12H,1-3,8-9,17H2,(H,18,21)(H,19,20)(H,22,23)/t12-/m0/s1. The first-order valence-corrected chi connectivity index (χ1v) is 7.58. The third-order valence-electron chi connectivity index (χ3n) is 3.13. The van der Waals surface area contributed by atoms with Gasteiger partial charge in [-0.15, -0.1) is 0 Å². The zero-order valence-electron chi connectivity index (χ0n) is 12.5. The molecule has 0 aliphatic heterocycles. The molecule has 0 heterocycles. The molecule has 2 amide bonds. The van der Waals surface area contributed by atoms with Gasteiger partial charge in [-0.3, -0.25) is 9.59 Å². The molecule has 0 saturated heterocycles. The lowest BCUT2D eigenvalue weighted by atomic mass is 10.1. The minimum atomic E-state index is -1.10. The third kappa shape index (κ3) is 7.12. The number of carbonyl (C=O) groups excluding carboxylic acids is 2. The van der Waals surface area contributed by atoms with Gasteiger partial charge in [-0.2, -0.15) is 0 Å². The summed E-state index contributed by atoms with van der Waals surface area (Å²) in [4.78, 5) is 33.9. The molecule has 0 radical (unpaired) electrons. The van der Waals surface area contributed by atoms with Crippen LogP contribution in [0.1, 0.15) is 29.6 Å². The number of nitrogens with one attached hydrogen (secondary N) is 2. The summed E-state index contributed by atoms with van der Waals surface area (Å²) in [7, 11) is 0. The molecule has 0 aliphatic rings. The van der Waals surface area contributed by atoms with Gasteiger partial charge in [0.25, 0.3) is 5.91 Å². The van der Waals surface area contributed by atoms with Gasteiger partial charge in [-0.05, 0) is 43.5 Å². The van der Waals surface area contributed by atoms with Gasteiger partial charge in [0.05, 0.1) is 6.54 Å². The third-order valence-corrected chi connectivity index (χ3v) is 3.38. The number of rotatable bonds is 9. The topological polar surface area (TPSA) is 122 Å². The molecule has 1 rings (SSSR count). The molecule has 0 saturated carbocycles. The van der Waals surface area contributed by atoms with Gasteiger partial charge in [0.2, 0.25) is 5.91 Å². The van der Waals surface area contributed by atoms with E-state index in [1.807, 2.05) is 0 Å². The Morgan fingerprint density at radius 2 is 1.83 bits per heavy atom. The Morgan fingerprint density at radius 1 is 1.17 bits per heavy atom. The molecule has 7 nitrogen and oxygen atoms in total. The SMILES string of the molecule is NCC(=O)N[C@@H](CCCCNC(=O)c1ccc(Cl)cc1)C(=O)O. The number of unbranched alkanes of at least 4 members (excludes halogenated alkanes) is 1. The van der Waals surface area contributed by atoms with E-state index >= 15 is 0 Å². The summed E-state index contributed by atoms with van der Waals surface area (Å²) in [5, 5.41) is 14.6. The summed E-state index contributed by atoms with van der Waals surface area (Å²) >= 11 is 5.75. The highest BCUT2D eigenvalue weighted by Gasteiger charge is 2.18. The van der Waals surface area contributed by atoms with Crippen molar-refractivity contribution in [3.63, 3.8) is 0 Å². The molecule has 23 heavy (non-hydrogen) atoms. The first-order chi connectivity index (χ1) is 10.9. The smallest absolute Gasteiger partial charge is 0.326 e. The number of carboxylic acids is 1. The first-order valence-electron chi connectivity index (χ1n) is 7.20. The summed E-state index contributed by atoms with van der Waals surface area (Å²) in [6, 6.07) is 5.56. The van der Waals surface area contributed by atoms with Gasteiger partial charge >= 0.3 is 5.97 Å². The predicted octanol–water partition coefficient (Wildman–Crippen LogP) is 0.768. The van der Waals surface area contributed by atoms with E-state index in [2.05, 4.69) is 10.6 Å². The van der Waals surface area contributed by atoms with Crippen LogP contribution >= 0.6 is 11.6 Å². The lowest BCUT2D eigenvalue weighted by molar-refractivity contribution is -0.141. The van der Waals surface area contributed by atoms with Crippen molar-refractivity contribution < 1.29 is 19.5 Å². The summed E-state index contributed by atoms with van der Waals surface area (Å²) in [6.45, 7) is 0.166. The maximum absolute atomic E-state index is 11.8. The monoisotopic (exact) mass is 341 g/mol. The molecule has 1 atom stereocenters. The second-order valence-electron chi connectivity index (χ2n) is 4.92. The van der Waals surface area contributed by atoms with Gasteiger partial charge < -0.3 is 21.5 Å². The molecule has 5 N–H and O–H groups in total. The van der Waals surface area contributed by atoms with E-state index in [4.69, 9.17) is 22.4 Å². The highest BCUT2D eigenvalue weighted by atomic mass is 35.5. The maximum atomic E-state index is 11.8. The molecule has 126 valence electrons. The van der Waals surface area contributed by atoms with Crippen LogP contribution in [0.5, 0.6) is 0 Å². The quantitative estimate of drug-likeness (QED) is 0.494. The summed E-state index contributed by atoms with van der Waals surface area (Å²) < 4.78 is 0. The lowest BCUT2D eigenvalue weighted by Gasteiger charge is -2.13. The fraction of sp³-hybridized carbons (Fsp3) is 0.400. The molecular weight excluding hydrogens is 322 g/mol. The Kier molecular flexibility index (Phi) is 8.07. The average molecular weight is 342 g/mol. The number of carbonyl (C=O) groups is 3. The number of nitrogens with two attached hydrogens (primary N) is 1. The second kappa shape index (κ2) is 9.81. The van der Waals surface area contributed by atoms with Crippen LogP contribution in [0.3, 0.4) is 0 Å². The van der Waals surface area contributed by atoms with Gasteiger partial charge in [0.15, 0.2) is 0 Å². The van der Waals surface area contributed by atoms with Crippen molar-refractivity contribution in [1.82, 2.24) is 10.6 Å². The van der Waals surface area contributed by atoms with Gasteiger partial charge in [0, 0.05) is 17.1 Å². The van der Waals surface area contributed by atoms with Crippen LogP contribution in [-0.2, 0) is 9.59 Å². The molecule has 0 fully saturated rings. The van der Waals surface area contributed by atoms with E-state index in [1.165, 1.54) is 0 Å². The zero-order valence-corrected chi connectivity index (χ0v) is 13.3. The Bertz CT molecular complexity index is 548. The molecule has 1 aromatic rings. The Hall–Kier alpha value is -2.12. The Balaban J connectivity index is 2.28. The van der Waals surface area contributed by atoms with Crippen LogP contribution in [-0.4, -0.2) is 42.0 Å². The number of aliphatic carboxylic acids is 1. The van der Waals surface area contributed by atoms with Gasteiger partial charge in [-0.1, -0.05) is 11.6 Å². The van der Waals surface area contributed by atoms with E-state index < -0.39 is 17.9 Å². The van der Waals surface area contributed by atoms with Crippen LogP contribution in [0, 0.1) is 0 Å². The summed E-state index contributed by atoms with van der Waals surface area (Å²) in [5.74, 6) is -1.82. The van der Waals surface area contributed by atoms with E-state index in [1.54, 1.807) is 24.3 Å². The Morgan fingerprint density at radius 3 is 2.39 bits per heavy atom. The number of carboxylic acid groups (broad SMARTS) is 1. The Labute approximate surface area is 139 Å². The van der Waals surface area contributed by atoms with Crippen LogP contribution in [0.25, 0.3) is 0 Å². The summed E-state index contributed by atoms with van der Waals surface area (Å²) in [5.41, 5.74) is 5.64. The van der Waals surface area contributed by atoms with E-state index in [0.29, 0.717) is 30.0 Å². The lowest BCUT2D eigenvalue weighted by Crippen LogP contribution is -2.43. The predicted molar refractivity (Wildman–Crippen MR) is 86.3 cm³/mol.